The Kier molecular flexibility index (Phi) is 7.00. The summed E-state index contributed by atoms with van der Waals surface area (Å²) >= 11 is 0. The lowest BCUT2D eigenvalue weighted by Crippen LogP contribution is -2.50. The first-order valence-corrected chi connectivity index (χ1v) is 10.8. The zero-order valence-corrected chi connectivity index (χ0v) is 16.4. The summed E-state index contributed by atoms with van der Waals surface area (Å²) in [7, 11) is 0. The first-order valence-electron chi connectivity index (χ1n) is 10.8. The van der Waals surface area contributed by atoms with Gasteiger partial charge in [-0.2, -0.15) is 0 Å². The quantitative estimate of drug-likeness (QED) is 0.506. The fourth-order valence-corrected chi connectivity index (χ4v) is 5.64. The van der Waals surface area contributed by atoms with Crippen LogP contribution < -0.4 is 0 Å². The molecule has 4 nitrogen and oxygen atoms in total. The van der Waals surface area contributed by atoms with Crippen LogP contribution in [0.25, 0.3) is 0 Å². The molecule has 3 fully saturated rings. The van der Waals surface area contributed by atoms with Crippen molar-refractivity contribution in [1.82, 2.24) is 0 Å². The molecule has 3 aliphatic rings. The molecule has 2 unspecified atom stereocenters. The number of rotatable bonds is 5. The van der Waals surface area contributed by atoms with Crippen molar-refractivity contribution < 1.29 is 20.1 Å². The number of carboxylic acid groups (broad SMARTS) is 1. The Morgan fingerprint density at radius 1 is 1.22 bits per heavy atom. The molecule has 0 saturated heterocycles. The summed E-state index contributed by atoms with van der Waals surface area (Å²) in [5.74, 6) is 7.03. The van der Waals surface area contributed by atoms with Crippen molar-refractivity contribution in [3.05, 3.63) is 11.6 Å². The zero-order valence-electron chi connectivity index (χ0n) is 16.4. The SMILES string of the molecule is CCC1C(=CCCC(=O)O)[C@@H]2CC[C@H](O)[C@@H](C#CC(O)C3CCCCC3)[C@H]12. The lowest BCUT2D eigenvalue weighted by molar-refractivity contribution is -0.136. The van der Waals surface area contributed by atoms with Crippen LogP contribution in [0.15, 0.2) is 11.6 Å². The van der Waals surface area contributed by atoms with Gasteiger partial charge in [-0.1, -0.05) is 49.7 Å². The molecule has 3 aliphatic carbocycles. The summed E-state index contributed by atoms with van der Waals surface area (Å²) in [4.78, 5) is 10.8. The van der Waals surface area contributed by atoms with E-state index in [1.54, 1.807) is 0 Å². The van der Waals surface area contributed by atoms with Gasteiger partial charge in [0.25, 0.3) is 0 Å². The molecule has 3 saturated carbocycles. The van der Waals surface area contributed by atoms with Gasteiger partial charge in [0.1, 0.15) is 6.10 Å². The molecule has 0 aromatic rings. The molecule has 4 heteroatoms. The number of aliphatic hydroxyl groups is 2. The molecular weight excluding hydrogens is 340 g/mol. The topological polar surface area (TPSA) is 77.8 Å². The van der Waals surface area contributed by atoms with Crippen molar-refractivity contribution in [2.45, 2.75) is 83.3 Å². The van der Waals surface area contributed by atoms with E-state index in [4.69, 9.17) is 5.11 Å². The normalized spacial score (nSPS) is 36.3. The second-order valence-electron chi connectivity index (χ2n) is 8.64. The summed E-state index contributed by atoms with van der Waals surface area (Å²) in [5.41, 5.74) is 1.38. The van der Waals surface area contributed by atoms with E-state index >= 15 is 0 Å². The number of hydrogen-bond acceptors (Lipinski definition) is 3. The largest absolute Gasteiger partial charge is 0.481 e. The van der Waals surface area contributed by atoms with E-state index in [-0.39, 0.29) is 18.3 Å². The van der Waals surface area contributed by atoms with Crippen LogP contribution in [0.4, 0.5) is 0 Å². The van der Waals surface area contributed by atoms with Crippen molar-refractivity contribution in [1.29, 1.82) is 0 Å². The average molecular weight is 375 g/mol. The van der Waals surface area contributed by atoms with Gasteiger partial charge in [0, 0.05) is 6.42 Å². The van der Waals surface area contributed by atoms with E-state index in [1.807, 2.05) is 0 Å². The second-order valence-corrected chi connectivity index (χ2v) is 8.64. The Bertz CT molecular complexity index is 600. The summed E-state index contributed by atoms with van der Waals surface area (Å²) < 4.78 is 0. The third-order valence-corrected chi connectivity index (χ3v) is 7.06. The molecule has 0 amide bonds. The van der Waals surface area contributed by atoms with Gasteiger partial charge in [-0.25, -0.2) is 0 Å². The van der Waals surface area contributed by atoms with Crippen molar-refractivity contribution in [3.8, 4) is 11.8 Å². The minimum absolute atomic E-state index is 0.0661. The highest BCUT2D eigenvalue weighted by atomic mass is 16.4. The fraction of sp³-hybridized carbons (Fsp3) is 0.783. The van der Waals surface area contributed by atoms with E-state index in [0.717, 1.165) is 32.1 Å². The molecule has 6 atom stereocenters. The lowest BCUT2D eigenvalue weighted by Gasteiger charge is -2.54. The fourth-order valence-electron chi connectivity index (χ4n) is 5.64. The summed E-state index contributed by atoms with van der Waals surface area (Å²) in [6.07, 6.45) is 10.4. The van der Waals surface area contributed by atoms with Gasteiger partial charge >= 0.3 is 5.97 Å². The maximum atomic E-state index is 10.8. The third kappa shape index (κ3) is 4.58. The Morgan fingerprint density at radius 2 is 1.96 bits per heavy atom. The first kappa shape index (κ1) is 20.4. The molecule has 0 radical (unpaired) electrons. The van der Waals surface area contributed by atoms with Gasteiger partial charge in [-0.3, -0.25) is 4.79 Å². The molecule has 0 aromatic heterocycles. The molecule has 27 heavy (non-hydrogen) atoms. The number of allylic oxidation sites excluding steroid dienone is 2. The Morgan fingerprint density at radius 3 is 2.63 bits per heavy atom. The zero-order chi connectivity index (χ0) is 19.4. The van der Waals surface area contributed by atoms with E-state index in [2.05, 4.69) is 24.8 Å². The molecular formula is C23H34O4. The highest BCUT2D eigenvalue weighted by Gasteiger charge is 2.52. The van der Waals surface area contributed by atoms with Crippen LogP contribution in [0.1, 0.15) is 71.1 Å². The Balaban J connectivity index is 1.69. The lowest BCUT2D eigenvalue weighted by atomic mass is 9.50. The number of hydrogen-bond donors (Lipinski definition) is 3. The number of carboxylic acids is 1. The van der Waals surface area contributed by atoms with Crippen molar-refractivity contribution in [3.63, 3.8) is 0 Å². The van der Waals surface area contributed by atoms with E-state index in [9.17, 15) is 15.0 Å². The molecule has 0 heterocycles. The van der Waals surface area contributed by atoms with Crippen molar-refractivity contribution in [2.75, 3.05) is 0 Å². The van der Waals surface area contributed by atoms with Crippen LogP contribution in [-0.2, 0) is 4.79 Å². The van der Waals surface area contributed by atoms with Gasteiger partial charge in [0.05, 0.1) is 12.0 Å². The highest BCUT2D eigenvalue weighted by molar-refractivity contribution is 5.66. The molecule has 0 bridgehead atoms. The Hall–Kier alpha value is -1.31. The monoisotopic (exact) mass is 374 g/mol. The van der Waals surface area contributed by atoms with E-state index < -0.39 is 18.2 Å². The van der Waals surface area contributed by atoms with Gasteiger partial charge in [-0.15, -0.1) is 0 Å². The molecule has 0 aliphatic heterocycles. The van der Waals surface area contributed by atoms with Crippen molar-refractivity contribution in [2.24, 2.45) is 29.6 Å². The molecule has 150 valence electrons. The number of carbonyl (C=O) groups is 1. The smallest absolute Gasteiger partial charge is 0.303 e. The van der Waals surface area contributed by atoms with Crippen LogP contribution in [0.5, 0.6) is 0 Å². The summed E-state index contributed by atoms with van der Waals surface area (Å²) in [6, 6.07) is 0. The van der Waals surface area contributed by atoms with Gasteiger partial charge in [0.15, 0.2) is 0 Å². The predicted octanol–water partition coefficient (Wildman–Crippen LogP) is 3.77. The third-order valence-electron chi connectivity index (χ3n) is 7.06. The molecule has 3 N–H and O–H groups in total. The van der Waals surface area contributed by atoms with Crippen LogP contribution in [-0.4, -0.2) is 33.5 Å². The van der Waals surface area contributed by atoms with Crippen LogP contribution >= 0.6 is 0 Å². The maximum Gasteiger partial charge on any atom is 0.303 e. The predicted molar refractivity (Wildman–Crippen MR) is 105 cm³/mol. The first-order chi connectivity index (χ1) is 13.0. The number of aliphatic carboxylic acids is 1. The maximum absolute atomic E-state index is 10.8. The molecule has 0 aromatic carbocycles. The summed E-state index contributed by atoms with van der Waals surface area (Å²) in [6.45, 7) is 2.16. The second kappa shape index (κ2) is 9.26. The molecule has 3 rings (SSSR count). The standard InChI is InChI=1S/C23H34O4/c1-2-16-17(9-6-10-22(26)27)18-11-14-21(25)19(23(16)18)12-13-20(24)15-7-4-3-5-8-15/h9,15-16,18-21,23-25H,2-8,10-11,14H2,1H3,(H,26,27)/t16?,18-,19+,20?,21-,23+/m0/s1. The minimum atomic E-state index is -0.754. The average Bonchev–Trinajstić information content (AvgIpc) is 2.65. The Labute approximate surface area is 163 Å². The minimum Gasteiger partial charge on any atom is -0.481 e. The van der Waals surface area contributed by atoms with Gasteiger partial charge in [0.2, 0.25) is 0 Å². The van der Waals surface area contributed by atoms with Crippen LogP contribution in [0.2, 0.25) is 0 Å². The van der Waals surface area contributed by atoms with E-state index in [1.165, 1.54) is 24.8 Å². The molecule has 0 spiro atoms. The van der Waals surface area contributed by atoms with Crippen LogP contribution in [0, 0.1) is 41.4 Å². The van der Waals surface area contributed by atoms with Crippen LogP contribution in [0.3, 0.4) is 0 Å². The van der Waals surface area contributed by atoms with E-state index in [0.29, 0.717) is 24.2 Å². The number of fused-ring (bicyclic) bond motifs is 1. The summed E-state index contributed by atoms with van der Waals surface area (Å²) in [5, 5.41) is 29.9. The van der Waals surface area contributed by atoms with Gasteiger partial charge < -0.3 is 15.3 Å². The van der Waals surface area contributed by atoms with Gasteiger partial charge in [-0.05, 0) is 62.2 Å². The highest BCUT2D eigenvalue weighted by Crippen LogP contribution is 2.57. The van der Waals surface area contributed by atoms with Crippen molar-refractivity contribution >= 4 is 5.97 Å². The number of aliphatic hydroxyl groups excluding tert-OH is 2.